The molecule has 2 heterocycles. The molecule has 2 atom stereocenters. The minimum atomic E-state index is -0.209. The van der Waals surface area contributed by atoms with Crippen LogP contribution in [0, 0.1) is 19.8 Å². The zero-order valence-electron chi connectivity index (χ0n) is 20.5. The Kier molecular flexibility index (Phi) is 14.0. The first kappa shape index (κ1) is 28.5. The molecule has 33 heavy (non-hydrogen) atoms. The van der Waals surface area contributed by atoms with Gasteiger partial charge in [-0.25, -0.2) is 9.97 Å². The molecule has 0 saturated carbocycles. The van der Waals surface area contributed by atoms with Gasteiger partial charge in [0.1, 0.15) is 10.8 Å². The molecule has 0 aliphatic carbocycles. The fourth-order valence-electron chi connectivity index (χ4n) is 3.04. The monoisotopic (exact) mass is 471 g/mol. The molecule has 6 heteroatoms. The van der Waals surface area contributed by atoms with E-state index in [0.29, 0.717) is 10.8 Å². The molecule has 0 aliphatic rings. The van der Waals surface area contributed by atoms with Crippen LogP contribution in [0.15, 0.2) is 54.7 Å². The molecule has 0 aromatic carbocycles. The van der Waals surface area contributed by atoms with E-state index in [1.807, 2.05) is 57.2 Å². The first-order valence-electron chi connectivity index (χ1n) is 11.6. The Bertz CT molecular complexity index is 902. The number of nitrogens with one attached hydrogen (secondary N) is 1. The Labute approximate surface area is 204 Å². The van der Waals surface area contributed by atoms with Gasteiger partial charge in [-0.3, -0.25) is 4.79 Å². The smallest absolute Gasteiger partial charge is 0.270 e. The van der Waals surface area contributed by atoms with E-state index in [1.54, 1.807) is 18.3 Å². The number of pyridine rings is 1. The second-order valence-electron chi connectivity index (χ2n) is 8.12. The quantitative estimate of drug-likeness (QED) is 0.460. The van der Waals surface area contributed by atoms with Crippen molar-refractivity contribution in [3.8, 4) is 0 Å². The van der Waals surface area contributed by atoms with Crippen LogP contribution < -0.4 is 5.32 Å². The van der Waals surface area contributed by atoms with E-state index in [2.05, 4.69) is 29.1 Å². The highest BCUT2D eigenvalue weighted by Gasteiger charge is 2.19. The van der Waals surface area contributed by atoms with E-state index < -0.39 is 0 Å². The SMILES string of the molecule is CCCC[C@H](CO)C(C)NC(=O)c1ccc(C)ccccc(C)n1.CCc1ccc(Cl)nc1. The first-order valence-corrected chi connectivity index (χ1v) is 12.0. The van der Waals surface area contributed by atoms with Crippen LogP contribution in [0.2, 0.25) is 5.15 Å². The summed E-state index contributed by atoms with van der Waals surface area (Å²) in [4.78, 5) is 20.9. The second kappa shape index (κ2) is 16.2. The number of nitrogens with zero attached hydrogens (tertiary/aromatic N) is 2. The molecule has 0 radical (unpaired) electrons. The van der Waals surface area contributed by atoms with Crippen LogP contribution >= 0.6 is 11.6 Å². The molecule has 2 N–H and O–H groups in total. The van der Waals surface area contributed by atoms with Crippen LogP contribution in [-0.4, -0.2) is 33.6 Å². The Hall–Kier alpha value is -2.50. The minimum Gasteiger partial charge on any atom is -0.396 e. The number of hydrogen-bond acceptors (Lipinski definition) is 4. The normalized spacial score (nSPS) is 12.0. The van der Waals surface area contributed by atoms with E-state index in [9.17, 15) is 9.90 Å². The van der Waals surface area contributed by atoms with Gasteiger partial charge in [-0.2, -0.15) is 0 Å². The minimum absolute atomic E-state index is 0.0687. The lowest BCUT2D eigenvalue weighted by Crippen LogP contribution is -2.39. The van der Waals surface area contributed by atoms with Gasteiger partial charge >= 0.3 is 0 Å². The third-order valence-corrected chi connectivity index (χ3v) is 5.49. The lowest BCUT2D eigenvalue weighted by atomic mass is 9.95. The van der Waals surface area contributed by atoms with Crippen molar-refractivity contribution in [3.05, 3.63) is 82.4 Å². The van der Waals surface area contributed by atoms with Crippen molar-refractivity contribution in [2.45, 2.75) is 66.3 Å². The van der Waals surface area contributed by atoms with Crippen LogP contribution in [0.3, 0.4) is 0 Å². The molecule has 5 nitrogen and oxygen atoms in total. The van der Waals surface area contributed by atoms with Crippen LogP contribution in [0.4, 0.5) is 0 Å². The number of hydrogen-bond donors (Lipinski definition) is 2. The van der Waals surface area contributed by atoms with Gasteiger partial charge in [-0.1, -0.05) is 74.2 Å². The zero-order chi connectivity index (χ0) is 24.6. The molecule has 2 aromatic rings. The van der Waals surface area contributed by atoms with E-state index in [1.165, 1.54) is 5.56 Å². The Balaban J connectivity index is 0.000000502. The molecule has 180 valence electrons. The van der Waals surface area contributed by atoms with Crippen molar-refractivity contribution in [2.24, 2.45) is 5.92 Å². The number of unbranched alkanes of at least 4 members (excludes halogenated alkanes) is 1. The summed E-state index contributed by atoms with van der Waals surface area (Å²) >= 11 is 5.56. The summed E-state index contributed by atoms with van der Waals surface area (Å²) in [6, 6.07) is 15.0. The molecule has 1 amide bonds. The molecule has 2 aromatic heterocycles. The number of amides is 1. The highest BCUT2D eigenvalue weighted by Crippen LogP contribution is 2.13. The van der Waals surface area contributed by atoms with E-state index in [0.717, 1.165) is 36.9 Å². The van der Waals surface area contributed by atoms with Crippen LogP contribution in [0.25, 0.3) is 0 Å². The summed E-state index contributed by atoms with van der Waals surface area (Å²) in [5.41, 5.74) is 3.42. The fourth-order valence-corrected chi connectivity index (χ4v) is 3.15. The van der Waals surface area contributed by atoms with Gasteiger partial charge in [0.25, 0.3) is 5.91 Å². The third kappa shape index (κ3) is 11.8. The summed E-state index contributed by atoms with van der Waals surface area (Å²) < 4.78 is 0. The lowest BCUT2D eigenvalue weighted by molar-refractivity contribution is 0.0902. The van der Waals surface area contributed by atoms with Crippen molar-refractivity contribution in [1.82, 2.24) is 15.3 Å². The number of aromatic nitrogens is 2. The maximum atomic E-state index is 12.6. The molecule has 0 spiro atoms. The molecule has 0 aliphatic heterocycles. The van der Waals surface area contributed by atoms with Crippen LogP contribution in [-0.2, 0) is 6.42 Å². The van der Waals surface area contributed by atoms with Gasteiger partial charge in [0.15, 0.2) is 0 Å². The molecule has 1 unspecified atom stereocenters. The lowest BCUT2D eigenvalue weighted by Gasteiger charge is -2.22. The van der Waals surface area contributed by atoms with Gasteiger partial charge < -0.3 is 10.4 Å². The standard InChI is InChI=1S/C20H30N2O2.C7H8ClN/c1-5-6-11-18(14-23)17(4)22-20(24)19-13-12-15(2)9-7-8-10-16(3)21-19;1-2-6-3-4-7(8)9-5-6/h7-10,12-13,17-18,23H,5-6,11,14H2,1-4H3,(H,22,24);3-5H,2H2,1H3/t17?,18-;/m1./s1. The van der Waals surface area contributed by atoms with Crippen molar-refractivity contribution in [3.63, 3.8) is 0 Å². The summed E-state index contributed by atoms with van der Waals surface area (Å²) in [6.45, 7) is 10.1. The van der Waals surface area contributed by atoms with Crippen molar-refractivity contribution >= 4 is 17.5 Å². The van der Waals surface area contributed by atoms with Gasteiger partial charge in [-0.15, -0.1) is 0 Å². The highest BCUT2D eigenvalue weighted by atomic mass is 35.5. The number of aliphatic hydroxyl groups is 1. The third-order valence-electron chi connectivity index (χ3n) is 5.27. The summed E-state index contributed by atoms with van der Waals surface area (Å²) in [5.74, 6) is -0.141. The van der Waals surface area contributed by atoms with E-state index in [-0.39, 0.29) is 24.5 Å². The van der Waals surface area contributed by atoms with Gasteiger partial charge in [-0.05, 0) is 57.4 Å². The highest BCUT2D eigenvalue weighted by molar-refractivity contribution is 6.29. The predicted octanol–water partition coefficient (Wildman–Crippen LogP) is 6.04. The molecule has 0 bridgehead atoms. The number of aliphatic hydroxyl groups excluding tert-OH is 1. The maximum Gasteiger partial charge on any atom is 0.270 e. The number of carbonyl (C=O) groups excluding carboxylic acids is 1. The number of aryl methyl sites for hydroxylation is 3. The number of halogens is 1. The number of carbonyl (C=O) groups is 1. The van der Waals surface area contributed by atoms with Crippen molar-refractivity contribution in [1.29, 1.82) is 0 Å². The van der Waals surface area contributed by atoms with E-state index in [4.69, 9.17) is 11.6 Å². The molecule has 0 saturated heterocycles. The van der Waals surface area contributed by atoms with Crippen molar-refractivity contribution in [2.75, 3.05) is 6.61 Å². The second-order valence-corrected chi connectivity index (χ2v) is 8.51. The molecular weight excluding hydrogens is 434 g/mol. The average Bonchev–Trinajstić information content (AvgIpc) is 2.80. The van der Waals surface area contributed by atoms with Gasteiger partial charge in [0.05, 0.1) is 0 Å². The van der Waals surface area contributed by atoms with Crippen LogP contribution in [0.1, 0.15) is 67.3 Å². The summed E-state index contributed by atoms with van der Waals surface area (Å²) in [7, 11) is 0. The molecular formula is C27H38ClN3O2. The number of rotatable bonds is 8. The molecule has 0 fully saturated rings. The Morgan fingerprint density at radius 1 is 1.09 bits per heavy atom. The van der Waals surface area contributed by atoms with Gasteiger partial charge in [0.2, 0.25) is 0 Å². The maximum absolute atomic E-state index is 12.6. The first-order chi connectivity index (χ1) is 15.8. The largest absolute Gasteiger partial charge is 0.396 e. The Morgan fingerprint density at radius 2 is 1.82 bits per heavy atom. The van der Waals surface area contributed by atoms with Crippen LogP contribution in [0.5, 0.6) is 0 Å². The topological polar surface area (TPSA) is 75.1 Å². The van der Waals surface area contributed by atoms with Crippen molar-refractivity contribution < 1.29 is 9.90 Å². The zero-order valence-corrected chi connectivity index (χ0v) is 21.3. The van der Waals surface area contributed by atoms with Gasteiger partial charge in [0, 0.05) is 30.5 Å². The van der Waals surface area contributed by atoms with E-state index >= 15 is 0 Å². The summed E-state index contributed by atoms with van der Waals surface area (Å²) in [5, 5.41) is 13.1. The predicted molar refractivity (Wildman–Crippen MR) is 137 cm³/mol. The molecule has 2 rings (SSSR count). The summed E-state index contributed by atoms with van der Waals surface area (Å²) in [6.07, 6.45) is 5.84. The average molecular weight is 472 g/mol. The Morgan fingerprint density at radius 3 is 2.42 bits per heavy atom. The fraction of sp³-hybridized carbons (Fsp3) is 0.444.